The summed E-state index contributed by atoms with van der Waals surface area (Å²) in [7, 11) is 0. The molecule has 0 aliphatic rings. The molecule has 0 rings (SSSR count). The van der Waals surface area contributed by atoms with Crippen LogP contribution < -0.4 is 0 Å². The van der Waals surface area contributed by atoms with Crippen molar-refractivity contribution in [1.82, 2.24) is 0 Å². The summed E-state index contributed by atoms with van der Waals surface area (Å²) >= 11 is 0. The van der Waals surface area contributed by atoms with Crippen LogP contribution in [0.15, 0.2) is 24.0 Å². The number of carboxylic acid groups (broad SMARTS) is 1. The predicted octanol–water partition coefficient (Wildman–Crippen LogP) is 1.11. The number of hydrogen-bond donors (Lipinski definition) is 2. The maximum Gasteiger partial charge on any atom is 0.329 e. The van der Waals surface area contributed by atoms with Crippen LogP contribution in [-0.4, -0.2) is 29.4 Å². The van der Waals surface area contributed by atoms with E-state index >= 15 is 0 Å². The molecule has 0 radical (unpaired) electrons. The number of allylic oxidation sites excluding steroid dienone is 1. The Kier molecular flexibility index (Phi) is 5.73. The molecular formula is C8H12O4. The summed E-state index contributed by atoms with van der Waals surface area (Å²) in [6.45, 7) is 1.65. The van der Waals surface area contributed by atoms with Crippen molar-refractivity contribution >= 4 is 5.97 Å². The molecule has 4 nitrogen and oxygen atoms in total. The maximum absolute atomic E-state index is 10.0. The average Bonchev–Trinajstić information content (AvgIpc) is 2.02. The molecule has 0 saturated carbocycles. The number of rotatable bonds is 5. The Hall–Kier alpha value is -1.29. The van der Waals surface area contributed by atoms with Gasteiger partial charge in [0.05, 0.1) is 12.9 Å². The van der Waals surface area contributed by atoms with Gasteiger partial charge in [0, 0.05) is 0 Å². The van der Waals surface area contributed by atoms with E-state index in [1.807, 2.05) is 0 Å². The van der Waals surface area contributed by atoms with Gasteiger partial charge in [-0.25, -0.2) is 4.79 Å². The fourth-order valence-electron chi connectivity index (χ4n) is 0.580. The Morgan fingerprint density at radius 1 is 1.50 bits per heavy atom. The van der Waals surface area contributed by atoms with Crippen LogP contribution in [0.1, 0.15) is 6.92 Å². The molecule has 68 valence electrons. The van der Waals surface area contributed by atoms with Crippen LogP contribution >= 0.6 is 0 Å². The Balaban J connectivity index is 3.67. The predicted molar refractivity (Wildman–Crippen MR) is 44.0 cm³/mol. The molecule has 0 atom stereocenters. The van der Waals surface area contributed by atoms with Crippen LogP contribution in [0.4, 0.5) is 0 Å². The number of ether oxygens (including phenoxy) is 1. The number of aliphatic carboxylic acids is 1. The minimum Gasteiger partial charge on any atom is -0.516 e. The number of carbonyl (C=O) groups is 1. The van der Waals surface area contributed by atoms with E-state index in [0.29, 0.717) is 0 Å². The van der Waals surface area contributed by atoms with Gasteiger partial charge in [0.2, 0.25) is 0 Å². The molecule has 0 aromatic heterocycles. The average molecular weight is 172 g/mol. The fraction of sp³-hybridized carbons (Fsp3) is 0.375. The highest BCUT2D eigenvalue weighted by molar-refractivity contribution is 5.68. The monoisotopic (exact) mass is 172 g/mol. The first-order valence-corrected chi connectivity index (χ1v) is 3.46. The quantitative estimate of drug-likeness (QED) is 0.481. The normalized spacial score (nSPS) is 12.2. The molecule has 2 N–H and O–H groups in total. The number of carboxylic acids is 1. The second kappa shape index (κ2) is 6.42. The first-order chi connectivity index (χ1) is 5.70. The zero-order valence-electron chi connectivity index (χ0n) is 6.86. The van der Waals surface area contributed by atoms with Crippen molar-refractivity contribution in [2.24, 2.45) is 0 Å². The summed E-state index contributed by atoms with van der Waals surface area (Å²) in [4.78, 5) is 10.0. The highest BCUT2D eigenvalue weighted by Gasteiger charge is 1.96. The van der Waals surface area contributed by atoms with E-state index in [1.165, 1.54) is 6.08 Å². The highest BCUT2D eigenvalue weighted by Crippen LogP contribution is 1.96. The van der Waals surface area contributed by atoms with Crippen LogP contribution in [0, 0.1) is 0 Å². The molecule has 0 unspecified atom stereocenters. The molecule has 0 aromatic carbocycles. The number of aliphatic hydroxyl groups is 1. The van der Waals surface area contributed by atoms with Crippen molar-refractivity contribution in [3.8, 4) is 0 Å². The molecule has 0 aliphatic heterocycles. The summed E-state index contributed by atoms with van der Waals surface area (Å²) in [5.74, 6) is -1.00. The van der Waals surface area contributed by atoms with E-state index in [4.69, 9.17) is 14.9 Å². The van der Waals surface area contributed by atoms with Gasteiger partial charge in [0.1, 0.15) is 6.61 Å². The summed E-state index contributed by atoms with van der Waals surface area (Å²) < 4.78 is 4.77. The van der Waals surface area contributed by atoms with Gasteiger partial charge in [-0.2, -0.15) is 0 Å². The van der Waals surface area contributed by atoms with Gasteiger partial charge >= 0.3 is 5.97 Å². The molecule has 0 fully saturated rings. The van der Waals surface area contributed by atoms with E-state index in [2.05, 4.69) is 0 Å². The Labute approximate surface area is 70.8 Å². The summed E-state index contributed by atoms with van der Waals surface area (Å²) in [6, 6.07) is 0. The molecule has 0 aromatic rings. The lowest BCUT2D eigenvalue weighted by molar-refractivity contribution is -0.141. The van der Waals surface area contributed by atoms with Crippen LogP contribution in [-0.2, 0) is 9.53 Å². The maximum atomic E-state index is 10.0. The second-order valence-electron chi connectivity index (χ2n) is 2.07. The SMILES string of the molecule is C/C=C(/C=C\O)COCC(=O)O. The molecule has 0 bridgehead atoms. The number of aliphatic hydroxyl groups excluding tert-OH is 1. The summed E-state index contributed by atoms with van der Waals surface area (Å²) in [5.41, 5.74) is 0.735. The standard InChI is InChI=1S/C8H12O4/c1-2-7(3-4-9)5-12-6-8(10)11/h2-4,9H,5-6H2,1H3,(H,10,11)/b4-3-,7-2-. The van der Waals surface area contributed by atoms with Crippen molar-refractivity contribution in [1.29, 1.82) is 0 Å². The lowest BCUT2D eigenvalue weighted by Crippen LogP contribution is -2.08. The Morgan fingerprint density at radius 3 is 2.58 bits per heavy atom. The Morgan fingerprint density at radius 2 is 2.17 bits per heavy atom. The van der Waals surface area contributed by atoms with E-state index in [1.54, 1.807) is 13.0 Å². The minimum atomic E-state index is -1.00. The van der Waals surface area contributed by atoms with Gasteiger partial charge in [-0.3, -0.25) is 0 Å². The lowest BCUT2D eigenvalue weighted by atomic mass is 10.3. The lowest BCUT2D eigenvalue weighted by Gasteiger charge is -2.00. The molecule has 0 aliphatic carbocycles. The minimum absolute atomic E-state index is 0.194. The first kappa shape index (κ1) is 10.7. The Bertz CT molecular complexity index is 193. The van der Waals surface area contributed by atoms with Crippen LogP contribution in [0.2, 0.25) is 0 Å². The molecule has 12 heavy (non-hydrogen) atoms. The zero-order chi connectivity index (χ0) is 9.40. The van der Waals surface area contributed by atoms with Gasteiger partial charge in [0.25, 0.3) is 0 Å². The third-order valence-electron chi connectivity index (χ3n) is 1.15. The molecule has 4 heteroatoms. The molecule has 0 spiro atoms. The van der Waals surface area contributed by atoms with Crippen LogP contribution in [0.25, 0.3) is 0 Å². The third-order valence-corrected chi connectivity index (χ3v) is 1.15. The third kappa shape index (κ3) is 5.49. The second-order valence-corrected chi connectivity index (χ2v) is 2.07. The summed E-state index contributed by atoms with van der Waals surface area (Å²) in [5, 5.41) is 16.6. The molecule has 0 saturated heterocycles. The topological polar surface area (TPSA) is 66.8 Å². The van der Waals surface area contributed by atoms with E-state index in [0.717, 1.165) is 11.8 Å². The zero-order valence-corrected chi connectivity index (χ0v) is 6.86. The first-order valence-electron chi connectivity index (χ1n) is 3.46. The number of hydrogen-bond acceptors (Lipinski definition) is 3. The van der Waals surface area contributed by atoms with Gasteiger partial charge in [-0.05, 0) is 18.6 Å². The summed E-state index contributed by atoms with van der Waals surface area (Å²) in [6.07, 6.45) is 4.07. The van der Waals surface area contributed by atoms with Gasteiger partial charge in [0.15, 0.2) is 0 Å². The van der Waals surface area contributed by atoms with Crippen molar-refractivity contribution in [2.75, 3.05) is 13.2 Å². The van der Waals surface area contributed by atoms with Crippen molar-refractivity contribution < 1.29 is 19.7 Å². The molecule has 0 heterocycles. The van der Waals surface area contributed by atoms with Gasteiger partial charge < -0.3 is 14.9 Å². The molecular weight excluding hydrogens is 160 g/mol. The van der Waals surface area contributed by atoms with Gasteiger partial charge in [-0.1, -0.05) is 6.08 Å². The van der Waals surface area contributed by atoms with Crippen molar-refractivity contribution in [2.45, 2.75) is 6.92 Å². The fourth-order valence-corrected chi connectivity index (χ4v) is 0.580. The van der Waals surface area contributed by atoms with E-state index in [-0.39, 0.29) is 13.2 Å². The largest absolute Gasteiger partial charge is 0.516 e. The van der Waals surface area contributed by atoms with Gasteiger partial charge in [-0.15, -0.1) is 0 Å². The van der Waals surface area contributed by atoms with Crippen molar-refractivity contribution in [3.63, 3.8) is 0 Å². The van der Waals surface area contributed by atoms with Crippen LogP contribution in [0.3, 0.4) is 0 Å². The van der Waals surface area contributed by atoms with E-state index < -0.39 is 5.97 Å². The smallest absolute Gasteiger partial charge is 0.329 e. The van der Waals surface area contributed by atoms with Crippen molar-refractivity contribution in [3.05, 3.63) is 24.0 Å². The molecule has 0 amide bonds. The highest BCUT2D eigenvalue weighted by atomic mass is 16.5. The van der Waals surface area contributed by atoms with E-state index in [9.17, 15) is 4.79 Å². The van der Waals surface area contributed by atoms with Crippen LogP contribution in [0.5, 0.6) is 0 Å².